The van der Waals surface area contributed by atoms with E-state index >= 15 is 0 Å². The Bertz CT molecular complexity index is 229. The van der Waals surface area contributed by atoms with Gasteiger partial charge in [-0.2, -0.15) is 0 Å². The number of aliphatic hydroxyl groups is 1. The Hall–Kier alpha value is -0.120. The molecule has 1 atom stereocenters. The van der Waals surface area contributed by atoms with Gasteiger partial charge in [-0.1, -0.05) is 32.6 Å². The summed E-state index contributed by atoms with van der Waals surface area (Å²) in [5.41, 5.74) is -0.0852. The van der Waals surface area contributed by atoms with Crippen LogP contribution in [-0.4, -0.2) is 48.3 Å². The predicted octanol–water partition coefficient (Wildman–Crippen LogP) is 2.78. The van der Waals surface area contributed by atoms with Crippen molar-refractivity contribution in [3.8, 4) is 0 Å². The number of unbranched alkanes of at least 4 members (excludes halogenated alkanes) is 1. The molecular weight excluding hydrogens is 236 g/mol. The molecule has 0 aromatic rings. The first-order chi connectivity index (χ1) is 9.11. The number of hydrogen-bond donors (Lipinski definition) is 2. The number of hydrogen-bond acceptors (Lipinski definition) is 3. The van der Waals surface area contributed by atoms with E-state index in [1.54, 1.807) is 0 Å². The summed E-state index contributed by atoms with van der Waals surface area (Å²) < 4.78 is 0. The van der Waals surface area contributed by atoms with Crippen LogP contribution in [0.15, 0.2) is 0 Å². The molecule has 114 valence electrons. The number of nitrogens with one attached hydrogen (secondary N) is 1. The molecule has 1 saturated carbocycles. The van der Waals surface area contributed by atoms with E-state index < -0.39 is 0 Å². The lowest BCUT2D eigenvalue weighted by molar-refractivity contribution is 0.157. The summed E-state index contributed by atoms with van der Waals surface area (Å²) in [5.74, 6) is 0. The molecule has 19 heavy (non-hydrogen) atoms. The molecule has 0 bridgehead atoms. The van der Waals surface area contributed by atoms with Crippen molar-refractivity contribution in [1.29, 1.82) is 0 Å². The third-order valence-corrected chi connectivity index (χ3v) is 4.64. The summed E-state index contributed by atoms with van der Waals surface area (Å²) in [7, 11) is 2.28. The Morgan fingerprint density at radius 1 is 1.21 bits per heavy atom. The molecule has 0 aromatic heterocycles. The fourth-order valence-electron chi connectivity index (χ4n) is 3.23. The smallest absolute Gasteiger partial charge is 0.0610 e. The second-order valence-electron chi connectivity index (χ2n) is 6.48. The molecule has 2 N–H and O–H groups in total. The van der Waals surface area contributed by atoms with E-state index in [0.717, 1.165) is 19.0 Å². The second kappa shape index (κ2) is 8.93. The first kappa shape index (κ1) is 16.9. The average Bonchev–Trinajstić information content (AvgIpc) is 2.44. The molecule has 0 aliphatic heterocycles. The molecule has 0 amide bonds. The Balaban J connectivity index is 2.15. The third kappa shape index (κ3) is 6.24. The minimum Gasteiger partial charge on any atom is -0.394 e. The van der Waals surface area contributed by atoms with Crippen molar-refractivity contribution in [2.75, 3.05) is 26.7 Å². The Labute approximate surface area is 119 Å². The van der Waals surface area contributed by atoms with Crippen LogP contribution in [0.4, 0.5) is 0 Å². The van der Waals surface area contributed by atoms with Crippen molar-refractivity contribution < 1.29 is 5.11 Å². The Kier molecular flexibility index (Phi) is 7.96. The third-order valence-electron chi connectivity index (χ3n) is 4.64. The van der Waals surface area contributed by atoms with E-state index in [1.807, 2.05) is 0 Å². The van der Waals surface area contributed by atoms with Crippen LogP contribution < -0.4 is 5.32 Å². The average molecular weight is 270 g/mol. The standard InChI is InChI=1S/C16H34N2O/c1-4-17-16(2,14-19)12-8-9-13-18(3)15-10-6-5-7-11-15/h15,17,19H,4-14H2,1-3H3. The van der Waals surface area contributed by atoms with Crippen LogP contribution in [0.5, 0.6) is 0 Å². The fraction of sp³-hybridized carbons (Fsp3) is 1.00. The predicted molar refractivity (Wildman–Crippen MR) is 82.5 cm³/mol. The van der Waals surface area contributed by atoms with Crippen molar-refractivity contribution in [3.05, 3.63) is 0 Å². The lowest BCUT2D eigenvalue weighted by atomic mass is 9.93. The molecule has 1 rings (SSSR count). The zero-order chi connectivity index (χ0) is 14.1. The minimum absolute atomic E-state index is 0.0852. The van der Waals surface area contributed by atoms with Crippen LogP contribution in [0.2, 0.25) is 0 Å². The monoisotopic (exact) mass is 270 g/mol. The van der Waals surface area contributed by atoms with Gasteiger partial charge >= 0.3 is 0 Å². The maximum absolute atomic E-state index is 9.46. The summed E-state index contributed by atoms with van der Waals surface area (Å²) in [6.07, 6.45) is 10.5. The molecule has 0 heterocycles. The van der Waals surface area contributed by atoms with Crippen molar-refractivity contribution in [1.82, 2.24) is 10.2 Å². The molecule has 0 saturated heterocycles. The zero-order valence-corrected chi connectivity index (χ0v) is 13.2. The molecule has 0 aromatic carbocycles. The maximum Gasteiger partial charge on any atom is 0.0610 e. The van der Waals surface area contributed by atoms with Crippen molar-refractivity contribution >= 4 is 0 Å². The van der Waals surface area contributed by atoms with E-state index in [0.29, 0.717) is 0 Å². The molecule has 3 heteroatoms. The highest BCUT2D eigenvalue weighted by Crippen LogP contribution is 2.22. The molecule has 1 aliphatic rings. The van der Waals surface area contributed by atoms with Crippen molar-refractivity contribution in [2.24, 2.45) is 0 Å². The summed E-state index contributed by atoms with van der Waals surface area (Å²) in [6.45, 7) is 6.60. The van der Waals surface area contributed by atoms with Gasteiger partial charge in [0.1, 0.15) is 0 Å². The maximum atomic E-state index is 9.46. The Morgan fingerprint density at radius 3 is 2.47 bits per heavy atom. The first-order valence-electron chi connectivity index (χ1n) is 8.17. The van der Waals surface area contributed by atoms with Gasteiger partial charge in [-0.3, -0.25) is 0 Å². The van der Waals surface area contributed by atoms with E-state index in [-0.39, 0.29) is 12.1 Å². The molecule has 0 radical (unpaired) electrons. The number of aliphatic hydroxyl groups excluding tert-OH is 1. The van der Waals surface area contributed by atoms with Crippen LogP contribution in [0, 0.1) is 0 Å². The van der Waals surface area contributed by atoms with Gasteiger partial charge in [0.15, 0.2) is 0 Å². The second-order valence-corrected chi connectivity index (χ2v) is 6.48. The van der Waals surface area contributed by atoms with Gasteiger partial charge in [0.2, 0.25) is 0 Å². The quantitative estimate of drug-likeness (QED) is 0.632. The largest absolute Gasteiger partial charge is 0.394 e. The van der Waals surface area contributed by atoms with Gasteiger partial charge in [-0.25, -0.2) is 0 Å². The SMILES string of the molecule is CCNC(C)(CO)CCCCN(C)C1CCCCC1. The molecule has 1 unspecified atom stereocenters. The van der Waals surface area contributed by atoms with E-state index in [4.69, 9.17) is 0 Å². The normalized spacial score (nSPS) is 20.7. The van der Waals surface area contributed by atoms with Crippen LogP contribution in [0.25, 0.3) is 0 Å². The highest BCUT2D eigenvalue weighted by Gasteiger charge is 2.21. The lowest BCUT2D eigenvalue weighted by Gasteiger charge is -2.32. The highest BCUT2D eigenvalue weighted by molar-refractivity contribution is 4.81. The fourth-order valence-corrected chi connectivity index (χ4v) is 3.23. The molecule has 1 fully saturated rings. The van der Waals surface area contributed by atoms with E-state index in [9.17, 15) is 5.11 Å². The topological polar surface area (TPSA) is 35.5 Å². The van der Waals surface area contributed by atoms with Gasteiger partial charge in [-0.15, -0.1) is 0 Å². The zero-order valence-electron chi connectivity index (χ0n) is 13.2. The number of likely N-dealkylation sites (N-methyl/N-ethyl adjacent to an activating group) is 1. The summed E-state index contributed by atoms with van der Waals surface area (Å²) in [4.78, 5) is 2.56. The van der Waals surface area contributed by atoms with Crippen molar-refractivity contribution in [3.63, 3.8) is 0 Å². The molecule has 1 aliphatic carbocycles. The minimum atomic E-state index is -0.0852. The summed E-state index contributed by atoms with van der Waals surface area (Å²) in [6, 6.07) is 0.826. The molecular formula is C16H34N2O. The highest BCUT2D eigenvalue weighted by atomic mass is 16.3. The van der Waals surface area contributed by atoms with E-state index in [2.05, 4.69) is 31.1 Å². The van der Waals surface area contributed by atoms with Crippen LogP contribution in [-0.2, 0) is 0 Å². The van der Waals surface area contributed by atoms with Gasteiger partial charge in [0.05, 0.1) is 6.61 Å². The van der Waals surface area contributed by atoms with Crippen molar-refractivity contribution in [2.45, 2.75) is 76.8 Å². The number of rotatable bonds is 9. The first-order valence-corrected chi connectivity index (χ1v) is 8.17. The van der Waals surface area contributed by atoms with Gasteiger partial charge in [0, 0.05) is 11.6 Å². The summed E-state index contributed by atoms with van der Waals surface area (Å²) >= 11 is 0. The molecule has 0 spiro atoms. The lowest BCUT2D eigenvalue weighted by Crippen LogP contribution is -2.45. The van der Waals surface area contributed by atoms with Gasteiger partial charge in [0.25, 0.3) is 0 Å². The van der Waals surface area contributed by atoms with Gasteiger partial charge < -0.3 is 15.3 Å². The molecule has 3 nitrogen and oxygen atoms in total. The van der Waals surface area contributed by atoms with E-state index in [1.165, 1.54) is 51.5 Å². The van der Waals surface area contributed by atoms with Crippen LogP contribution >= 0.6 is 0 Å². The Morgan fingerprint density at radius 2 is 1.89 bits per heavy atom. The summed E-state index contributed by atoms with van der Waals surface area (Å²) in [5, 5.41) is 12.9. The van der Waals surface area contributed by atoms with Crippen LogP contribution in [0.3, 0.4) is 0 Å². The van der Waals surface area contributed by atoms with Crippen LogP contribution in [0.1, 0.15) is 65.2 Å². The number of nitrogens with zero attached hydrogens (tertiary/aromatic N) is 1. The van der Waals surface area contributed by atoms with Gasteiger partial charge in [-0.05, 0) is 52.7 Å².